The Bertz CT molecular complexity index is 430. The molecule has 0 bridgehead atoms. The van der Waals surface area contributed by atoms with E-state index in [1.54, 1.807) is 11.8 Å². The lowest BCUT2D eigenvalue weighted by atomic mass is 10.2. The first kappa shape index (κ1) is 14.3. The Kier molecular flexibility index (Phi) is 5.15. The number of benzene rings is 1. The third kappa shape index (κ3) is 4.80. The van der Waals surface area contributed by atoms with Gasteiger partial charge in [0.2, 0.25) is 5.91 Å². The summed E-state index contributed by atoms with van der Waals surface area (Å²) >= 11 is 1.59. The zero-order chi connectivity index (χ0) is 13.7. The maximum atomic E-state index is 13.0. The SMILES string of the molecule is O=C(CSC1CCNCC1)Nc1cc(F)cc(F)c1. The minimum absolute atomic E-state index is 0.161. The van der Waals surface area contributed by atoms with Crippen molar-refractivity contribution in [2.45, 2.75) is 18.1 Å². The number of thioether (sulfide) groups is 1. The molecule has 0 aromatic heterocycles. The van der Waals surface area contributed by atoms with Gasteiger partial charge in [-0.1, -0.05) is 0 Å². The Morgan fingerprint density at radius 3 is 2.53 bits per heavy atom. The molecule has 1 amide bonds. The van der Waals surface area contributed by atoms with Gasteiger partial charge >= 0.3 is 0 Å². The molecule has 1 fully saturated rings. The van der Waals surface area contributed by atoms with E-state index in [9.17, 15) is 13.6 Å². The molecule has 1 saturated heterocycles. The molecule has 1 heterocycles. The molecule has 0 atom stereocenters. The number of rotatable bonds is 4. The van der Waals surface area contributed by atoms with Crippen LogP contribution >= 0.6 is 11.8 Å². The van der Waals surface area contributed by atoms with E-state index in [4.69, 9.17) is 0 Å². The van der Waals surface area contributed by atoms with E-state index in [1.165, 1.54) is 0 Å². The second kappa shape index (κ2) is 6.86. The highest BCUT2D eigenvalue weighted by Gasteiger charge is 2.15. The Labute approximate surface area is 115 Å². The summed E-state index contributed by atoms with van der Waals surface area (Å²) in [4.78, 5) is 11.7. The van der Waals surface area contributed by atoms with Gasteiger partial charge in [-0.05, 0) is 38.1 Å². The first-order chi connectivity index (χ1) is 9.13. The van der Waals surface area contributed by atoms with Crippen molar-refractivity contribution in [2.24, 2.45) is 0 Å². The highest BCUT2D eigenvalue weighted by atomic mass is 32.2. The molecule has 1 aromatic rings. The van der Waals surface area contributed by atoms with Crippen LogP contribution in [0.15, 0.2) is 18.2 Å². The van der Waals surface area contributed by atoms with Crippen molar-refractivity contribution < 1.29 is 13.6 Å². The fraction of sp³-hybridized carbons (Fsp3) is 0.462. The molecule has 1 aliphatic heterocycles. The minimum atomic E-state index is -0.693. The lowest BCUT2D eigenvalue weighted by Gasteiger charge is -2.21. The third-order valence-corrected chi connectivity index (χ3v) is 4.25. The predicted octanol–water partition coefficient (Wildman–Crippen LogP) is 2.39. The Hall–Kier alpha value is -1.14. The average Bonchev–Trinajstić information content (AvgIpc) is 2.36. The summed E-state index contributed by atoms with van der Waals surface area (Å²) in [7, 11) is 0. The number of piperidine rings is 1. The summed E-state index contributed by atoms with van der Waals surface area (Å²) in [6.45, 7) is 1.96. The number of carbonyl (C=O) groups excluding carboxylic acids is 1. The highest BCUT2D eigenvalue weighted by Crippen LogP contribution is 2.20. The molecule has 3 nitrogen and oxygen atoms in total. The molecule has 0 saturated carbocycles. The van der Waals surface area contributed by atoms with Crippen molar-refractivity contribution in [3.63, 3.8) is 0 Å². The number of hydrogen-bond acceptors (Lipinski definition) is 3. The average molecular weight is 286 g/mol. The van der Waals surface area contributed by atoms with E-state index in [2.05, 4.69) is 10.6 Å². The van der Waals surface area contributed by atoms with E-state index in [0.29, 0.717) is 11.0 Å². The van der Waals surface area contributed by atoms with Crippen LogP contribution in [0.1, 0.15) is 12.8 Å². The summed E-state index contributed by atoms with van der Waals surface area (Å²) in [5, 5.41) is 6.25. The van der Waals surface area contributed by atoms with Crippen LogP contribution in [0, 0.1) is 11.6 Å². The second-order valence-electron chi connectivity index (χ2n) is 4.47. The summed E-state index contributed by atoms with van der Waals surface area (Å²) < 4.78 is 25.9. The van der Waals surface area contributed by atoms with Gasteiger partial charge in [0.25, 0.3) is 0 Å². The maximum absolute atomic E-state index is 13.0. The van der Waals surface area contributed by atoms with Crippen molar-refractivity contribution in [1.29, 1.82) is 0 Å². The van der Waals surface area contributed by atoms with Gasteiger partial charge < -0.3 is 10.6 Å². The van der Waals surface area contributed by atoms with Crippen LogP contribution < -0.4 is 10.6 Å². The molecule has 6 heteroatoms. The van der Waals surface area contributed by atoms with Crippen LogP contribution in [-0.2, 0) is 4.79 Å². The number of amides is 1. The van der Waals surface area contributed by atoms with Crippen LogP contribution in [0.4, 0.5) is 14.5 Å². The topological polar surface area (TPSA) is 41.1 Å². The predicted molar refractivity (Wildman–Crippen MR) is 73.3 cm³/mol. The number of nitrogens with one attached hydrogen (secondary N) is 2. The summed E-state index contributed by atoms with van der Waals surface area (Å²) in [6.07, 6.45) is 2.10. The number of hydrogen-bond donors (Lipinski definition) is 2. The molecular formula is C13H16F2N2OS. The molecule has 0 aliphatic carbocycles. The molecule has 19 heavy (non-hydrogen) atoms. The zero-order valence-corrected chi connectivity index (χ0v) is 11.2. The molecule has 104 valence electrons. The van der Waals surface area contributed by atoms with Crippen molar-refractivity contribution in [1.82, 2.24) is 5.32 Å². The first-order valence-corrected chi connectivity index (χ1v) is 7.26. The van der Waals surface area contributed by atoms with Crippen molar-refractivity contribution in [2.75, 3.05) is 24.2 Å². The van der Waals surface area contributed by atoms with Gasteiger partial charge in [0.15, 0.2) is 0 Å². The fourth-order valence-electron chi connectivity index (χ4n) is 1.98. The van der Waals surface area contributed by atoms with Gasteiger partial charge in [0.1, 0.15) is 11.6 Å². The largest absolute Gasteiger partial charge is 0.325 e. The molecule has 0 radical (unpaired) electrons. The van der Waals surface area contributed by atoms with E-state index in [0.717, 1.165) is 44.1 Å². The molecule has 1 aromatic carbocycles. The zero-order valence-electron chi connectivity index (χ0n) is 10.4. The smallest absolute Gasteiger partial charge is 0.234 e. The molecule has 0 spiro atoms. The molecule has 1 aliphatic rings. The van der Waals surface area contributed by atoms with Crippen LogP contribution in [-0.4, -0.2) is 30.0 Å². The number of carbonyl (C=O) groups is 1. The Morgan fingerprint density at radius 2 is 1.89 bits per heavy atom. The van der Waals surface area contributed by atoms with Gasteiger partial charge in [-0.2, -0.15) is 0 Å². The van der Waals surface area contributed by atoms with Gasteiger partial charge in [-0.15, -0.1) is 11.8 Å². The van der Waals surface area contributed by atoms with Crippen LogP contribution in [0.25, 0.3) is 0 Å². The monoisotopic (exact) mass is 286 g/mol. The molecule has 2 rings (SSSR count). The molecular weight excluding hydrogens is 270 g/mol. The van der Waals surface area contributed by atoms with Gasteiger partial charge in [-0.25, -0.2) is 8.78 Å². The van der Waals surface area contributed by atoms with Crippen LogP contribution in [0.2, 0.25) is 0 Å². The van der Waals surface area contributed by atoms with Gasteiger partial charge in [0.05, 0.1) is 5.75 Å². The second-order valence-corrected chi connectivity index (χ2v) is 5.76. The van der Waals surface area contributed by atoms with E-state index < -0.39 is 11.6 Å². The normalized spacial score (nSPS) is 16.3. The number of anilines is 1. The van der Waals surface area contributed by atoms with E-state index in [1.807, 2.05) is 0 Å². The third-order valence-electron chi connectivity index (χ3n) is 2.88. The Balaban J connectivity index is 1.80. The summed E-state index contributed by atoms with van der Waals surface area (Å²) in [6, 6.07) is 2.99. The highest BCUT2D eigenvalue weighted by molar-refractivity contribution is 8.00. The standard InChI is InChI=1S/C13H16F2N2OS/c14-9-5-10(15)7-11(6-9)17-13(18)8-19-12-1-3-16-4-2-12/h5-7,12,16H,1-4,8H2,(H,17,18). The molecule has 2 N–H and O–H groups in total. The van der Waals surface area contributed by atoms with Crippen LogP contribution in [0.3, 0.4) is 0 Å². The molecule has 0 unspecified atom stereocenters. The number of halogens is 2. The quantitative estimate of drug-likeness (QED) is 0.893. The van der Waals surface area contributed by atoms with Gasteiger partial charge in [-0.3, -0.25) is 4.79 Å². The minimum Gasteiger partial charge on any atom is -0.325 e. The van der Waals surface area contributed by atoms with Crippen molar-refractivity contribution in [3.8, 4) is 0 Å². The van der Waals surface area contributed by atoms with Crippen LogP contribution in [0.5, 0.6) is 0 Å². The van der Waals surface area contributed by atoms with E-state index >= 15 is 0 Å². The van der Waals surface area contributed by atoms with Crippen molar-refractivity contribution >= 4 is 23.4 Å². The van der Waals surface area contributed by atoms with Gasteiger partial charge in [0, 0.05) is 17.0 Å². The lowest BCUT2D eigenvalue weighted by Crippen LogP contribution is -2.30. The summed E-state index contributed by atoms with van der Waals surface area (Å²) in [5.41, 5.74) is 0.161. The van der Waals surface area contributed by atoms with Crippen molar-refractivity contribution in [3.05, 3.63) is 29.8 Å². The lowest BCUT2D eigenvalue weighted by molar-refractivity contribution is -0.113. The summed E-state index contributed by atoms with van der Waals surface area (Å²) in [5.74, 6) is -1.31. The van der Waals surface area contributed by atoms with E-state index in [-0.39, 0.29) is 11.6 Å². The Morgan fingerprint density at radius 1 is 1.26 bits per heavy atom. The maximum Gasteiger partial charge on any atom is 0.234 e. The first-order valence-electron chi connectivity index (χ1n) is 6.22. The fourth-order valence-corrected chi connectivity index (χ4v) is 3.01.